The SMILES string of the molecule is O=C1C[C@@](CC(=O)N2C[C@H]3CC[C@@H]2C3)(c2ccccc2)C(=O)N1CCCOc1cccnc1. The molecule has 3 aliphatic rings. The zero-order valence-electron chi connectivity index (χ0n) is 18.7. The minimum Gasteiger partial charge on any atom is -0.492 e. The third-order valence-corrected chi connectivity index (χ3v) is 7.35. The molecule has 2 bridgehead atoms. The molecular weight excluding hydrogens is 418 g/mol. The Morgan fingerprint density at radius 3 is 2.67 bits per heavy atom. The minimum absolute atomic E-state index is 0.00559. The Morgan fingerprint density at radius 1 is 1.12 bits per heavy atom. The number of hydrogen-bond donors (Lipinski definition) is 0. The lowest BCUT2D eigenvalue weighted by molar-refractivity contribution is -0.143. The fourth-order valence-electron chi connectivity index (χ4n) is 5.68. The lowest BCUT2D eigenvalue weighted by atomic mass is 9.75. The summed E-state index contributed by atoms with van der Waals surface area (Å²) < 4.78 is 5.66. The maximum atomic E-state index is 13.7. The first kappa shape index (κ1) is 21.6. The quantitative estimate of drug-likeness (QED) is 0.459. The van der Waals surface area contributed by atoms with Gasteiger partial charge in [-0.05, 0) is 49.3 Å². The van der Waals surface area contributed by atoms with Gasteiger partial charge in [-0.2, -0.15) is 0 Å². The molecule has 0 unspecified atom stereocenters. The second-order valence-corrected chi connectivity index (χ2v) is 9.42. The zero-order valence-corrected chi connectivity index (χ0v) is 18.7. The predicted molar refractivity (Wildman–Crippen MR) is 121 cm³/mol. The van der Waals surface area contributed by atoms with Crippen LogP contribution in [0.1, 0.15) is 44.1 Å². The molecule has 1 saturated carbocycles. The van der Waals surface area contributed by atoms with Gasteiger partial charge in [0.25, 0.3) is 0 Å². The van der Waals surface area contributed by atoms with Crippen LogP contribution in [0.2, 0.25) is 0 Å². The van der Waals surface area contributed by atoms with E-state index in [0.29, 0.717) is 30.7 Å². The first-order chi connectivity index (χ1) is 16.1. The van der Waals surface area contributed by atoms with Gasteiger partial charge in [-0.1, -0.05) is 30.3 Å². The second kappa shape index (κ2) is 8.96. The maximum Gasteiger partial charge on any atom is 0.240 e. The summed E-state index contributed by atoms with van der Waals surface area (Å²) in [5.41, 5.74) is -0.378. The average Bonchev–Trinajstić information content (AvgIpc) is 3.53. The Morgan fingerprint density at radius 2 is 1.97 bits per heavy atom. The highest BCUT2D eigenvalue weighted by molar-refractivity contribution is 6.10. The maximum absolute atomic E-state index is 13.7. The highest BCUT2D eigenvalue weighted by atomic mass is 16.5. The highest BCUT2D eigenvalue weighted by Crippen LogP contribution is 2.43. The number of fused-ring (bicyclic) bond motifs is 2. The highest BCUT2D eigenvalue weighted by Gasteiger charge is 2.54. The van der Waals surface area contributed by atoms with Gasteiger partial charge in [-0.15, -0.1) is 0 Å². The van der Waals surface area contributed by atoms with Gasteiger partial charge in [0, 0.05) is 38.2 Å². The second-order valence-electron chi connectivity index (χ2n) is 9.42. The number of benzene rings is 1. The fraction of sp³-hybridized carbons (Fsp3) is 0.462. The van der Waals surface area contributed by atoms with E-state index in [0.717, 1.165) is 24.9 Å². The number of nitrogens with zero attached hydrogens (tertiary/aromatic N) is 3. The van der Waals surface area contributed by atoms with Crippen molar-refractivity contribution in [2.75, 3.05) is 19.7 Å². The third-order valence-electron chi connectivity index (χ3n) is 7.35. The molecule has 0 radical (unpaired) electrons. The van der Waals surface area contributed by atoms with Crippen molar-refractivity contribution in [1.29, 1.82) is 0 Å². The molecule has 3 amide bonds. The molecule has 0 N–H and O–H groups in total. The van der Waals surface area contributed by atoms with Crippen LogP contribution in [0.3, 0.4) is 0 Å². The van der Waals surface area contributed by atoms with Gasteiger partial charge < -0.3 is 9.64 Å². The number of ether oxygens (including phenoxy) is 1. The monoisotopic (exact) mass is 447 g/mol. The van der Waals surface area contributed by atoms with E-state index in [-0.39, 0.29) is 37.1 Å². The van der Waals surface area contributed by atoms with Gasteiger partial charge in [0.05, 0.1) is 18.2 Å². The van der Waals surface area contributed by atoms with Crippen molar-refractivity contribution in [3.63, 3.8) is 0 Å². The summed E-state index contributed by atoms with van der Waals surface area (Å²) in [5, 5.41) is 0. The Labute approximate surface area is 193 Å². The van der Waals surface area contributed by atoms with E-state index < -0.39 is 5.41 Å². The van der Waals surface area contributed by atoms with E-state index in [1.54, 1.807) is 18.5 Å². The van der Waals surface area contributed by atoms with E-state index in [1.165, 1.54) is 11.3 Å². The van der Waals surface area contributed by atoms with Crippen LogP contribution in [0, 0.1) is 5.92 Å². The van der Waals surface area contributed by atoms with Crippen LogP contribution in [0.15, 0.2) is 54.9 Å². The number of likely N-dealkylation sites (tertiary alicyclic amines) is 2. The lowest BCUT2D eigenvalue weighted by Crippen LogP contribution is -2.45. The van der Waals surface area contributed by atoms with E-state index in [9.17, 15) is 14.4 Å². The van der Waals surface area contributed by atoms with Crippen molar-refractivity contribution < 1.29 is 19.1 Å². The van der Waals surface area contributed by atoms with E-state index in [1.807, 2.05) is 41.3 Å². The van der Waals surface area contributed by atoms with Gasteiger partial charge >= 0.3 is 0 Å². The topological polar surface area (TPSA) is 79.8 Å². The number of carbonyl (C=O) groups excluding carboxylic acids is 3. The molecule has 7 heteroatoms. The molecule has 1 aliphatic carbocycles. The molecule has 7 nitrogen and oxygen atoms in total. The van der Waals surface area contributed by atoms with Crippen LogP contribution >= 0.6 is 0 Å². The minimum atomic E-state index is -1.12. The Balaban J connectivity index is 1.30. The fourth-order valence-corrected chi connectivity index (χ4v) is 5.68. The summed E-state index contributed by atoms with van der Waals surface area (Å²) in [7, 11) is 0. The summed E-state index contributed by atoms with van der Waals surface area (Å²) in [6.45, 7) is 1.43. The van der Waals surface area contributed by atoms with Gasteiger partial charge in [0.1, 0.15) is 5.75 Å². The van der Waals surface area contributed by atoms with Crippen LogP contribution in [0.4, 0.5) is 0 Å². The van der Waals surface area contributed by atoms with Crippen LogP contribution in [-0.4, -0.2) is 58.2 Å². The number of pyridine rings is 1. The van der Waals surface area contributed by atoms with Crippen molar-refractivity contribution in [3.05, 3.63) is 60.4 Å². The summed E-state index contributed by atoms with van der Waals surface area (Å²) in [4.78, 5) is 47.4. The Bertz CT molecular complexity index is 1030. The molecule has 2 saturated heterocycles. The molecule has 3 heterocycles. The molecular formula is C26H29N3O4. The van der Waals surface area contributed by atoms with Crippen LogP contribution in [0.5, 0.6) is 5.75 Å². The van der Waals surface area contributed by atoms with Crippen LogP contribution < -0.4 is 4.74 Å². The van der Waals surface area contributed by atoms with Crippen LogP contribution in [-0.2, 0) is 19.8 Å². The van der Waals surface area contributed by atoms with Crippen molar-refractivity contribution >= 4 is 17.7 Å². The average molecular weight is 448 g/mol. The number of imide groups is 1. The van der Waals surface area contributed by atoms with Gasteiger partial charge in [0.15, 0.2) is 0 Å². The first-order valence-corrected chi connectivity index (χ1v) is 11.8. The number of piperidine rings is 1. The van der Waals surface area contributed by atoms with E-state index in [2.05, 4.69) is 4.98 Å². The Kier molecular flexibility index (Phi) is 5.87. The molecule has 1 aromatic carbocycles. The van der Waals surface area contributed by atoms with E-state index >= 15 is 0 Å². The Hall–Kier alpha value is -3.22. The van der Waals surface area contributed by atoms with Crippen LogP contribution in [0.25, 0.3) is 0 Å². The summed E-state index contributed by atoms with van der Waals surface area (Å²) in [6.07, 6.45) is 7.20. The smallest absolute Gasteiger partial charge is 0.240 e. The number of rotatable bonds is 8. The van der Waals surface area contributed by atoms with E-state index in [4.69, 9.17) is 4.74 Å². The number of carbonyl (C=O) groups is 3. The number of amides is 3. The molecule has 1 aromatic heterocycles. The largest absolute Gasteiger partial charge is 0.492 e. The standard InChI is InChI=1S/C26H29N3O4/c30-23-15-26(20-6-2-1-3-7-20,16-24(31)29-18-19-9-10-21(29)14-19)25(32)28(23)12-5-13-33-22-8-4-11-27-17-22/h1-4,6-8,11,17,19,21H,5,9-10,12-16,18H2/t19-,21+,26+/m0/s1. The summed E-state index contributed by atoms with van der Waals surface area (Å²) in [6, 6.07) is 13.2. The summed E-state index contributed by atoms with van der Waals surface area (Å²) in [5.74, 6) is 0.747. The van der Waals surface area contributed by atoms with Gasteiger partial charge in [0.2, 0.25) is 17.7 Å². The van der Waals surface area contributed by atoms with Crippen molar-refractivity contribution in [2.45, 2.75) is 50.0 Å². The molecule has 5 rings (SSSR count). The van der Waals surface area contributed by atoms with Gasteiger partial charge in [-0.3, -0.25) is 24.3 Å². The third kappa shape index (κ3) is 4.12. The molecule has 3 fully saturated rings. The summed E-state index contributed by atoms with van der Waals surface area (Å²) >= 11 is 0. The van der Waals surface area contributed by atoms with Crippen molar-refractivity contribution in [2.24, 2.45) is 5.92 Å². The molecule has 0 spiro atoms. The number of aromatic nitrogens is 1. The molecule has 2 aliphatic heterocycles. The van der Waals surface area contributed by atoms with Crippen molar-refractivity contribution in [3.8, 4) is 5.75 Å². The van der Waals surface area contributed by atoms with Crippen molar-refractivity contribution in [1.82, 2.24) is 14.8 Å². The predicted octanol–water partition coefficient (Wildman–Crippen LogP) is 2.95. The molecule has 2 aromatic rings. The zero-order chi connectivity index (χ0) is 22.8. The normalized spacial score (nSPS) is 26.3. The number of hydrogen-bond acceptors (Lipinski definition) is 5. The molecule has 33 heavy (non-hydrogen) atoms. The molecule has 172 valence electrons. The van der Waals surface area contributed by atoms with Gasteiger partial charge in [-0.25, -0.2) is 0 Å². The molecule has 3 atom stereocenters. The first-order valence-electron chi connectivity index (χ1n) is 11.8. The lowest BCUT2D eigenvalue weighted by Gasteiger charge is -2.32.